The Morgan fingerprint density at radius 3 is 2.39 bits per heavy atom. The van der Waals surface area contributed by atoms with Crippen LogP contribution in [0.1, 0.15) is 104 Å². The summed E-state index contributed by atoms with van der Waals surface area (Å²) in [5.41, 5.74) is 11.8. The van der Waals surface area contributed by atoms with E-state index in [0.717, 1.165) is 79.6 Å². The molecule has 3 rings (SSSR count). The maximum atomic E-state index is 13.5. The topological polar surface area (TPSA) is 91.2 Å². The molecule has 4 N–H and O–H groups in total. The quantitative estimate of drug-likeness (QED) is 0.382. The van der Waals surface area contributed by atoms with Crippen molar-refractivity contribution in [3.05, 3.63) is 62.1 Å². The summed E-state index contributed by atoms with van der Waals surface area (Å²) in [5, 5.41) is 3.00. The van der Waals surface area contributed by atoms with Crippen LogP contribution in [0.2, 0.25) is 0 Å². The van der Waals surface area contributed by atoms with Crippen molar-refractivity contribution in [1.29, 1.82) is 0 Å². The standard InChI is InChI=1S/C32H46N4O2/c1-7-24(8-2)11-10-12-25-18-28(31(37)34-20-29-21(4)17-22(5)35-32(29)38)23(6)30(19-25)36(9-3)27-15-13-26(33)14-16-27/h17-19,24,26-27H,7-9,11,13-16,20,33H2,1-6H3,(H,34,37)(H,35,38). The molecule has 0 radical (unpaired) electrons. The number of hydrogen-bond donors (Lipinski definition) is 3. The number of anilines is 1. The number of amides is 1. The zero-order valence-electron chi connectivity index (χ0n) is 24.2. The van der Waals surface area contributed by atoms with Crippen molar-refractivity contribution in [3.8, 4) is 11.8 Å². The van der Waals surface area contributed by atoms with Crippen LogP contribution in [0.15, 0.2) is 23.0 Å². The van der Waals surface area contributed by atoms with Crippen LogP contribution in [-0.2, 0) is 6.54 Å². The van der Waals surface area contributed by atoms with Crippen LogP contribution in [0.5, 0.6) is 0 Å². The molecule has 1 aliphatic rings. The van der Waals surface area contributed by atoms with Gasteiger partial charge in [-0.2, -0.15) is 0 Å². The van der Waals surface area contributed by atoms with Gasteiger partial charge in [-0.15, -0.1) is 0 Å². The fourth-order valence-electron chi connectivity index (χ4n) is 5.58. The smallest absolute Gasteiger partial charge is 0.253 e. The molecule has 38 heavy (non-hydrogen) atoms. The molecule has 1 aromatic heterocycles. The Kier molecular flexibility index (Phi) is 10.6. The molecule has 1 aliphatic carbocycles. The molecule has 1 amide bonds. The average molecular weight is 519 g/mol. The van der Waals surface area contributed by atoms with Crippen LogP contribution in [0.25, 0.3) is 0 Å². The van der Waals surface area contributed by atoms with Crippen LogP contribution >= 0.6 is 0 Å². The number of nitrogens with one attached hydrogen (secondary N) is 2. The molecule has 1 fully saturated rings. The van der Waals surface area contributed by atoms with E-state index in [0.29, 0.717) is 23.1 Å². The monoisotopic (exact) mass is 518 g/mol. The van der Waals surface area contributed by atoms with E-state index >= 15 is 0 Å². The van der Waals surface area contributed by atoms with E-state index in [1.165, 1.54) is 0 Å². The third kappa shape index (κ3) is 7.29. The summed E-state index contributed by atoms with van der Waals surface area (Å²) in [6.45, 7) is 13.4. The molecule has 0 aliphatic heterocycles. The Hall–Kier alpha value is -3.04. The van der Waals surface area contributed by atoms with Gasteiger partial charge >= 0.3 is 0 Å². The largest absolute Gasteiger partial charge is 0.369 e. The Morgan fingerprint density at radius 2 is 1.79 bits per heavy atom. The molecule has 0 spiro atoms. The first-order valence-corrected chi connectivity index (χ1v) is 14.3. The lowest BCUT2D eigenvalue weighted by molar-refractivity contribution is 0.0950. The minimum Gasteiger partial charge on any atom is -0.369 e. The van der Waals surface area contributed by atoms with E-state index in [4.69, 9.17) is 5.73 Å². The Labute approximate surface area is 228 Å². The van der Waals surface area contributed by atoms with Crippen molar-refractivity contribution in [2.75, 3.05) is 11.4 Å². The predicted octanol–water partition coefficient (Wildman–Crippen LogP) is 5.50. The van der Waals surface area contributed by atoms with E-state index in [1.54, 1.807) is 0 Å². The van der Waals surface area contributed by atoms with Crippen LogP contribution < -0.4 is 21.5 Å². The molecule has 1 heterocycles. The molecule has 0 saturated heterocycles. The van der Waals surface area contributed by atoms with E-state index in [9.17, 15) is 9.59 Å². The summed E-state index contributed by atoms with van der Waals surface area (Å²) in [4.78, 5) is 31.3. The summed E-state index contributed by atoms with van der Waals surface area (Å²) in [7, 11) is 0. The first-order chi connectivity index (χ1) is 18.2. The SMILES string of the molecule is CCC(CC)CC#Cc1cc(C(=O)NCc2c(C)cc(C)[nH]c2=O)c(C)c(N(CC)C2CCC(N)CC2)c1. The maximum absolute atomic E-state index is 13.5. The number of hydrogen-bond acceptors (Lipinski definition) is 4. The number of aromatic nitrogens is 1. The fourth-order valence-corrected chi connectivity index (χ4v) is 5.58. The molecule has 0 bridgehead atoms. The van der Waals surface area contributed by atoms with Gasteiger partial charge in [0.05, 0.1) is 0 Å². The van der Waals surface area contributed by atoms with Gasteiger partial charge in [0.2, 0.25) is 0 Å². The third-order valence-electron chi connectivity index (χ3n) is 8.15. The highest BCUT2D eigenvalue weighted by Gasteiger charge is 2.26. The Balaban J connectivity index is 1.96. The summed E-state index contributed by atoms with van der Waals surface area (Å²) < 4.78 is 0. The maximum Gasteiger partial charge on any atom is 0.253 e. The van der Waals surface area contributed by atoms with Crippen molar-refractivity contribution in [2.24, 2.45) is 11.7 Å². The Bertz CT molecular complexity index is 1220. The second-order valence-corrected chi connectivity index (χ2v) is 10.8. The van der Waals surface area contributed by atoms with Crippen molar-refractivity contribution in [1.82, 2.24) is 10.3 Å². The average Bonchev–Trinajstić information content (AvgIpc) is 2.88. The lowest BCUT2D eigenvalue weighted by Crippen LogP contribution is -2.41. The summed E-state index contributed by atoms with van der Waals surface area (Å²) >= 11 is 0. The molecular formula is C32H46N4O2. The minimum atomic E-state index is -0.187. The second-order valence-electron chi connectivity index (χ2n) is 10.8. The van der Waals surface area contributed by atoms with E-state index in [-0.39, 0.29) is 24.1 Å². The van der Waals surface area contributed by atoms with Crippen LogP contribution in [0.3, 0.4) is 0 Å². The first kappa shape index (κ1) is 29.5. The van der Waals surface area contributed by atoms with Gasteiger partial charge in [-0.3, -0.25) is 9.59 Å². The number of benzene rings is 1. The van der Waals surface area contributed by atoms with Gasteiger partial charge in [-0.1, -0.05) is 38.5 Å². The van der Waals surface area contributed by atoms with Crippen molar-refractivity contribution in [3.63, 3.8) is 0 Å². The Morgan fingerprint density at radius 1 is 1.11 bits per heavy atom. The normalized spacial score (nSPS) is 17.2. The summed E-state index contributed by atoms with van der Waals surface area (Å²) in [6.07, 6.45) is 7.23. The second kappa shape index (κ2) is 13.7. The highest BCUT2D eigenvalue weighted by atomic mass is 16.1. The number of H-pyrrole nitrogens is 1. The first-order valence-electron chi connectivity index (χ1n) is 14.3. The molecule has 2 aromatic rings. The van der Waals surface area contributed by atoms with Gasteiger partial charge in [0.25, 0.3) is 11.5 Å². The molecule has 0 atom stereocenters. The van der Waals surface area contributed by atoms with Gasteiger partial charge < -0.3 is 20.9 Å². The molecule has 206 valence electrons. The molecule has 1 aromatic carbocycles. The predicted molar refractivity (Wildman–Crippen MR) is 158 cm³/mol. The lowest BCUT2D eigenvalue weighted by atomic mass is 9.89. The highest BCUT2D eigenvalue weighted by molar-refractivity contribution is 5.97. The number of rotatable bonds is 9. The highest BCUT2D eigenvalue weighted by Crippen LogP contribution is 2.32. The van der Waals surface area contributed by atoms with Crippen molar-refractivity contribution < 1.29 is 4.79 Å². The van der Waals surface area contributed by atoms with E-state index in [2.05, 4.69) is 53.9 Å². The minimum absolute atomic E-state index is 0.158. The number of nitrogens with zero attached hydrogens (tertiary/aromatic N) is 1. The van der Waals surface area contributed by atoms with Crippen molar-refractivity contribution >= 4 is 11.6 Å². The van der Waals surface area contributed by atoms with Gasteiger partial charge in [0.15, 0.2) is 0 Å². The molecular weight excluding hydrogens is 472 g/mol. The zero-order valence-corrected chi connectivity index (χ0v) is 24.2. The molecule has 6 nitrogen and oxygen atoms in total. The zero-order chi connectivity index (χ0) is 27.8. The van der Waals surface area contributed by atoms with Gasteiger partial charge in [-0.05, 0) is 88.6 Å². The van der Waals surface area contributed by atoms with E-state index in [1.807, 2.05) is 32.9 Å². The summed E-state index contributed by atoms with van der Waals surface area (Å²) in [6, 6.07) is 6.67. The fraction of sp³-hybridized carbons (Fsp3) is 0.562. The van der Waals surface area contributed by atoms with Crippen LogP contribution in [0, 0.1) is 38.5 Å². The molecule has 6 heteroatoms. The lowest BCUT2D eigenvalue weighted by Gasteiger charge is -2.38. The molecule has 1 saturated carbocycles. The number of nitrogens with two attached hydrogens (primary N) is 1. The van der Waals surface area contributed by atoms with Crippen LogP contribution in [0.4, 0.5) is 5.69 Å². The number of aromatic amines is 1. The van der Waals surface area contributed by atoms with Gasteiger partial charge in [0.1, 0.15) is 0 Å². The third-order valence-corrected chi connectivity index (χ3v) is 8.15. The number of aryl methyl sites for hydroxylation is 2. The number of carbonyl (C=O) groups is 1. The number of carbonyl (C=O) groups excluding carboxylic acids is 1. The number of pyridine rings is 1. The summed E-state index contributed by atoms with van der Waals surface area (Å²) in [5.74, 6) is 7.14. The van der Waals surface area contributed by atoms with E-state index < -0.39 is 0 Å². The molecule has 0 unspecified atom stereocenters. The van der Waals surface area contributed by atoms with Crippen molar-refractivity contribution in [2.45, 2.75) is 105 Å². The van der Waals surface area contributed by atoms with Crippen LogP contribution in [-0.4, -0.2) is 29.5 Å². The van der Waals surface area contributed by atoms with Gasteiger partial charge in [-0.25, -0.2) is 0 Å². The van der Waals surface area contributed by atoms with Gasteiger partial charge in [0, 0.05) is 59.7 Å².